The van der Waals surface area contributed by atoms with Crippen LogP contribution in [0.1, 0.15) is 18.7 Å². The van der Waals surface area contributed by atoms with Gasteiger partial charge in [0, 0.05) is 24.3 Å². The maximum absolute atomic E-state index is 13.1. The molecule has 0 spiro atoms. The molecule has 4 rings (SSSR count). The second kappa shape index (κ2) is 7.31. The maximum atomic E-state index is 13.1. The van der Waals surface area contributed by atoms with Gasteiger partial charge in [0.25, 0.3) is 5.56 Å². The smallest absolute Gasteiger partial charge is 0.265 e. The van der Waals surface area contributed by atoms with Gasteiger partial charge in [0.1, 0.15) is 11.9 Å². The molecule has 0 radical (unpaired) electrons. The van der Waals surface area contributed by atoms with Crippen LogP contribution in [0.3, 0.4) is 0 Å². The molecule has 0 aliphatic rings. The number of likely N-dealkylation sites (N-methyl/N-ethyl adjacent to an activating group) is 1. The summed E-state index contributed by atoms with van der Waals surface area (Å²) in [6.07, 6.45) is 0.773. The summed E-state index contributed by atoms with van der Waals surface area (Å²) in [5, 5.41) is 16.5. The highest BCUT2D eigenvalue weighted by Gasteiger charge is 2.17. The minimum Gasteiger partial charge on any atom is -0.374 e. The molecule has 4 aromatic rings. The Hall–Kier alpha value is -2.80. The van der Waals surface area contributed by atoms with E-state index in [1.807, 2.05) is 57.4 Å². The summed E-state index contributed by atoms with van der Waals surface area (Å²) in [7, 11) is 3.97. The van der Waals surface area contributed by atoms with Gasteiger partial charge in [-0.05, 0) is 56.1 Å². The van der Waals surface area contributed by atoms with E-state index in [0.717, 1.165) is 17.3 Å². The Labute approximate surface area is 163 Å². The summed E-state index contributed by atoms with van der Waals surface area (Å²) in [4.78, 5) is 19.9. The fourth-order valence-corrected chi connectivity index (χ4v) is 3.71. The minimum absolute atomic E-state index is 0.0707. The Morgan fingerprint density at radius 1 is 1.14 bits per heavy atom. The molecule has 2 aromatic heterocycles. The number of aliphatic hydroxyl groups excluding tert-OH is 1. The molecule has 0 saturated heterocycles. The molecule has 2 N–H and O–H groups in total. The molecule has 2 aromatic carbocycles. The van der Waals surface area contributed by atoms with Gasteiger partial charge >= 0.3 is 0 Å². The van der Waals surface area contributed by atoms with Gasteiger partial charge in [-0.25, -0.2) is 4.98 Å². The number of nitrogens with zero attached hydrogens (tertiary/aromatic N) is 3. The van der Waals surface area contributed by atoms with Crippen LogP contribution in [0.2, 0.25) is 0 Å². The van der Waals surface area contributed by atoms with Crippen molar-refractivity contribution in [2.45, 2.75) is 19.2 Å². The summed E-state index contributed by atoms with van der Waals surface area (Å²) in [5.41, 5.74) is 1.54. The van der Waals surface area contributed by atoms with Crippen LogP contribution in [0.5, 0.6) is 0 Å². The molecule has 0 amide bonds. The van der Waals surface area contributed by atoms with Crippen molar-refractivity contribution >= 4 is 27.3 Å². The predicted molar refractivity (Wildman–Crippen MR) is 113 cm³/mol. The van der Waals surface area contributed by atoms with E-state index in [9.17, 15) is 9.90 Å². The Morgan fingerprint density at radius 3 is 2.57 bits per heavy atom. The third kappa shape index (κ3) is 3.38. The van der Waals surface area contributed by atoms with Crippen LogP contribution in [-0.4, -0.2) is 46.1 Å². The van der Waals surface area contributed by atoms with Gasteiger partial charge in [0.2, 0.25) is 0 Å². The molecule has 6 heteroatoms. The second-order valence-corrected chi connectivity index (χ2v) is 7.52. The van der Waals surface area contributed by atoms with Gasteiger partial charge in [-0.2, -0.15) is 0 Å². The number of hydrogen-bond acceptors (Lipinski definition) is 5. The van der Waals surface area contributed by atoms with E-state index < -0.39 is 6.23 Å². The van der Waals surface area contributed by atoms with Crippen molar-refractivity contribution in [2.24, 2.45) is 0 Å². The molecule has 144 valence electrons. The highest BCUT2D eigenvalue weighted by molar-refractivity contribution is 5.96. The molecule has 6 nitrogen and oxygen atoms in total. The second-order valence-electron chi connectivity index (χ2n) is 7.52. The van der Waals surface area contributed by atoms with E-state index in [1.165, 1.54) is 4.40 Å². The molecule has 0 fully saturated rings. The van der Waals surface area contributed by atoms with Gasteiger partial charge in [-0.15, -0.1) is 0 Å². The van der Waals surface area contributed by atoms with Crippen molar-refractivity contribution in [1.29, 1.82) is 0 Å². The number of pyridine rings is 1. The Kier molecular flexibility index (Phi) is 4.85. The molecular formula is C22H24N4O2. The van der Waals surface area contributed by atoms with Crippen molar-refractivity contribution < 1.29 is 5.11 Å². The zero-order valence-corrected chi connectivity index (χ0v) is 16.3. The summed E-state index contributed by atoms with van der Waals surface area (Å²) >= 11 is 0. The fraction of sp³-hybridized carbons (Fsp3) is 0.273. The lowest BCUT2D eigenvalue weighted by Gasteiger charge is -2.22. The highest BCUT2D eigenvalue weighted by atomic mass is 16.3. The first-order valence-electron chi connectivity index (χ1n) is 9.36. The Bertz CT molecular complexity index is 1220. The highest BCUT2D eigenvalue weighted by Crippen LogP contribution is 2.22. The molecule has 0 bridgehead atoms. The number of hydrogen-bond donors (Lipinski definition) is 2. The van der Waals surface area contributed by atoms with E-state index in [-0.39, 0.29) is 11.6 Å². The van der Waals surface area contributed by atoms with Crippen LogP contribution in [-0.2, 0) is 0 Å². The third-order valence-electron chi connectivity index (χ3n) is 4.91. The van der Waals surface area contributed by atoms with Crippen LogP contribution >= 0.6 is 0 Å². The van der Waals surface area contributed by atoms with Crippen LogP contribution in [0.15, 0.2) is 59.5 Å². The van der Waals surface area contributed by atoms with Crippen molar-refractivity contribution in [3.63, 3.8) is 0 Å². The van der Waals surface area contributed by atoms with E-state index in [2.05, 4.69) is 10.2 Å². The Morgan fingerprint density at radius 2 is 1.86 bits per heavy atom. The van der Waals surface area contributed by atoms with E-state index in [4.69, 9.17) is 4.98 Å². The van der Waals surface area contributed by atoms with Gasteiger partial charge in [0.05, 0.1) is 10.9 Å². The van der Waals surface area contributed by atoms with E-state index >= 15 is 0 Å². The molecule has 28 heavy (non-hydrogen) atoms. The standard InChI is InChI=1S/C22H24N4O2/c1-14(13-25(2)3)23-21(27)17-9-6-10-26-20(17)24-19-12-16-8-5-4-7-15(16)11-18(19)22(26)28/h4-12,14,21,23,27H,13H2,1-3H3. The third-order valence-corrected chi connectivity index (χ3v) is 4.91. The maximum Gasteiger partial charge on any atom is 0.265 e. The van der Waals surface area contributed by atoms with Gasteiger partial charge in [-0.3, -0.25) is 14.5 Å². The topological polar surface area (TPSA) is 69.9 Å². The monoisotopic (exact) mass is 376 g/mol. The van der Waals surface area contributed by atoms with Gasteiger partial charge in [-0.1, -0.05) is 24.3 Å². The zero-order valence-electron chi connectivity index (χ0n) is 16.3. The molecule has 2 atom stereocenters. The fourth-order valence-electron chi connectivity index (χ4n) is 3.71. The normalized spacial score (nSPS) is 14.2. The summed E-state index contributed by atoms with van der Waals surface area (Å²) in [6.45, 7) is 2.79. The van der Waals surface area contributed by atoms with E-state index in [0.29, 0.717) is 22.1 Å². The van der Waals surface area contributed by atoms with Crippen molar-refractivity contribution in [2.75, 3.05) is 20.6 Å². The molecule has 0 saturated carbocycles. The average Bonchev–Trinajstić information content (AvgIpc) is 2.66. The number of fused-ring (bicyclic) bond motifs is 3. The number of rotatable bonds is 5. The molecule has 0 aliphatic carbocycles. The van der Waals surface area contributed by atoms with Crippen LogP contribution in [0.25, 0.3) is 27.3 Å². The lowest BCUT2D eigenvalue weighted by atomic mass is 10.1. The summed E-state index contributed by atoms with van der Waals surface area (Å²) in [6, 6.07) is 15.4. The quantitative estimate of drug-likeness (QED) is 0.414. The number of benzene rings is 2. The molecule has 2 heterocycles. The summed E-state index contributed by atoms with van der Waals surface area (Å²) in [5.74, 6) is 0. The molecule has 2 unspecified atom stereocenters. The lowest BCUT2D eigenvalue weighted by molar-refractivity contribution is 0.120. The minimum atomic E-state index is -0.920. The van der Waals surface area contributed by atoms with Gasteiger partial charge < -0.3 is 10.0 Å². The van der Waals surface area contributed by atoms with E-state index in [1.54, 1.807) is 18.3 Å². The van der Waals surface area contributed by atoms with Crippen LogP contribution in [0.4, 0.5) is 0 Å². The first-order chi connectivity index (χ1) is 13.4. The number of nitrogens with one attached hydrogen (secondary N) is 1. The van der Waals surface area contributed by atoms with Crippen molar-refractivity contribution in [1.82, 2.24) is 19.6 Å². The molecular weight excluding hydrogens is 352 g/mol. The Balaban J connectivity index is 1.86. The first-order valence-corrected chi connectivity index (χ1v) is 9.36. The molecule has 0 aliphatic heterocycles. The van der Waals surface area contributed by atoms with Gasteiger partial charge in [0.15, 0.2) is 0 Å². The average molecular weight is 376 g/mol. The van der Waals surface area contributed by atoms with Crippen molar-refractivity contribution in [3.8, 4) is 0 Å². The zero-order chi connectivity index (χ0) is 19.8. The largest absolute Gasteiger partial charge is 0.374 e. The lowest BCUT2D eigenvalue weighted by Crippen LogP contribution is -2.38. The number of aromatic nitrogens is 2. The summed E-state index contributed by atoms with van der Waals surface area (Å²) < 4.78 is 1.51. The van der Waals surface area contributed by atoms with Crippen LogP contribution < -0.4 is 10.9 Å². The van der Waals surface area contributed by atoms with Crippen molar-refractivity contribution in [3.05, 3.63) is 70.6 Å². The number of aliphatic hydroxyl groups is 1. The first kappa shape index (κ1) is 18.6. The predicted octanol–water partition coefficient (Wildman–Crippen LogP) is 2.53. The SMILES string of the molecule is CC(CN(C)C)NC(O)c1cccn2c(=O)c3cc4ccccc4cc3nc12. The van der Waals surface area contributed by atoms with Crippen LogP contribution in [0, 0.1) is 0 Å².